The predicted octanol–water partition coefficient (Wildman–Crippen LogP) is -1.16. The zero-order valence-corrected chi connectivity index (χ0v) is 8.95. The SMILES string of the molecule is COCCOS(=O)(=O)OC(N)COC. The maximum atomic E-state index is 11.0. The average Bonchev–Trinajstić information content (AvgIpc) is 2.03. The molecule has 0 aliphatic heterocycles. The van der Waals surface area contributed by atoms with Crippen LogP contribution in [0.5, 0.6) is 0 Å². The minimum absolute atomic E-state index is 0.0349. The van der Waals surface area contributed by atoms with Crippen molar-refractivity contribution in [2.45, 2.75) is 6.23 Å². The Hall–Kier alpha value is -0.250. The maximum absolute atomic E-state index is 11.0. The number of hydrogen-bond acceptors (Lipinski definition) is 7. The third kappa shape index (κ3) is 7.18. The molecule has 8 heteroatoms. The van der Waals surface area contributed by atoms with Gasteiger partial charge in [0.05, 0.1) is 19.8 Å². The minimum Gasteiger partial charge on any atom is -0.382 e. The molecule has 1 atom stereocenters. The van der Waals surface area contributed by atoms with Crippen molar-refractivity contribution in [2.75, 3.05) is 34.0 Å². The first kappa shape index (κ1) is 13.8. The van der Waals surface area contributed by atoms with Crippen molar-refractivity contribution in [2.24, 2.45) is 5.73 Å². The van der Waals surface area contributed by atoms with Gasteiger partial charge >= 0.3 is 10.4 Å². The van der Waals surface area contributed by atoms with Crippen LogP contribution in [0.25, 0.3) is 0 Å². The second-order valence-corrected chi connectivity index (χ2v) is 3.56. The molecule has 86 valence electrons. The molecule has 2 N–H and O–H groups in total. The number of methoxy groups -OCH3 is 2. The Kier molecular flexibility index (Phi) is 6.97. The first-order valence-electron chi connectivity index (χ1n) is 3.83. The number of hydrogen-bond donors (Lipinski definition) is 1. The van der Waals surface area contributed by atoms with Crippen LogP contribution >= 0.6 is 0 Å². The molecule has 0 spiro atoms. The fourth-order valence-corrected chi connectivity index (χ4v) is 1.28. The van der Waals surface area contributed by atoms with Gasteiger partial charge in [-0.15, -0.1) is 0 Å². The summed E-state index contributed by atoms with van der Waals surface area (Å²) in [6, 6.07) is 0. The van der Waals surface area contributed by atoms with E-state index in [9.17, 15) is 8.42 Å². The van der Waals surface area contributed by atoms with Crippen LogP contribution in [0, 0.1) is 0 Å². The lowest BCUT2D eigenvalue weighted by atomic mass is 10.7. The highest BCUT2D eigenvalue weighted by atomic mass is 32.3. The Morgan fingerprint density at radius 2 is 1.86 bits per heavy atom. The van der Waals surface area contributed by atoms with Crippen molar-refractivity contribution in [3.05, 3.63) is 0 Å². The summed E-state index contributed by atoms with van der Waals surface area (Å²) in [5.74, 6) is 0. The quantitative estimate of drug-likeness (QED) is 0.414. The van der Waals surface area contributed by atoms with Gasteiger partial charge in [0, 0.05) is 14.2 Å². The van der Waals surface area contributed by atoms with Crippen molar-refractivity contribution in [1.82, 2.24) is 0 Å². The van der Waals surface area contributed by atoms with Gasteiger partial charge in [-0.05, 0) is 0 Å². The molecule has 0 bridgehead atoms. The molecule has 0 saturated carbocycles. The molecule has 0 rings (SSSR count). The Bertz CT molecular complexity index is 228. The molecule has 0 aliphatic rings. The second kappa shape index (κ2) is 7.10. The molecule has 0 heterocycles. The van der Waals surface area contributed by atoms with Crippen LogP contribution in [-0.2, 0) is 28.2 Å². The smallest absolute Gasteiger partial charge is 0.382 e. The van der Waals surface area contributed by atoms with Gasteiger partial charge in [0.15, 0.2) is 6.23 Å². The fourth-order valence-electron chi connectivity index (χ4n) is 0.591. The standard InChI is InChI=1S/C6H15NO6S/c1-10-3-4-12-14(8,9)13-6(7)5-11-2/h6H,3-5,7H2,1-2H3. The van der Waals surface area contributed by atoms with E-state index in [1.165, 1.54) is 14.2 Å². The highest BCUT2D eigenvalue weighted by Gasteiger charge is 2.16. The van der Waals surface area contributed by atoms with Gasteiger partial charge in [-0.3, -0.25) is 0 Å². The van der Waals surface area contributed by atoms with Crippen LogP contribution in [0.1, 0.15) is 0 Å². The van der Waals surface area contributed by atoms with E-state index in [0.29, 0.717) is 0 Å². The topological polar surface area (TPSA) is 97.1 Å². The van der Waals surface area contributed by atoms with Crippen molar-refractivity contribution < 1.29 is 26.3 Å². The summed E-state index contributed by atoms with van der Waals surface area (Å²) < 4.78 is 39.8. The second-order valence-electron chi connectivity index (χ2n) is 2.31. The summed E-state index contributed by atoms with van der Waals surface area (Å²) in [7, 11) is -1.26. The summed E-state index contributed by atoms with van der Waals surface area (Å²) in [4.78, 5) is 0. The summed E-state index contributed by atoms with van der Waals surface area (Å²) in [6.07, 6.45) is -1.06. The lowest BCUT2D eigenvalue weighted by molar-refractivity contribution is 0.0675. The van der Waals surface area contributed by atoms with Crippen molar-refractivity contribution >= 4 is 10.4 Å². The predicted molar refractivity (Wildman–Crippen MR) is 47.7 cm³/mol. The summed E-state index contributed by atoms with van der Waals surface area (Å²) in [5, 5.41) is 0. The Morgan fingerprint density at radius 1 is 1.21 bits per heavy atom. The van der Waals surface area contributed by atoms with Crippen LogP contribution in [-0.4, -0.2) is 48.7 Å². The molecule has 14 heavy (non-hydrogen) atoms. The van der Waals surface area contributed by atoms with E-state index >= 15 is 0 Å². The summed E-state index contributed by atoms with van der Waals surface area (Å²) in [6.45, 7) is 0.00745. The van der Waals surface area contributed by atoms with Gasteiger partial charge in [0.2, 0.25) is 0 Å². The maximum Gasteiger partial charge on any atom is 0.401 e. The number of ether oxygens (including phenoxy) is 2. The molecular formula is C6H15NO6S. The fraction of sp³-hybridized carbons (Fsp3) is 1.00. The zero-order chi connectivity index (χ0) is 11.0. The van der Waals surface area contributed by atoms with Crippen molar-refractivity contribution in [3.63, 3.8) is 0 Å². The van der Waals surface area contributed by atoms with Gasteiger partial charge in [0.25, 0.3) is 0 Å². The molecular weight excluding hydrogens is 214 g/mol. The van der Waals surface area contributed by atoms with E-state index in [1.807, 2.05) is 0 Å². The van der Waals surface area contributed by atoms with Gasteiger partial charge in [-0.2, -0.15) is 8.42 Å². The zero-order valence-electron chi connectivity index (χ0n) is 8.13. The highest BCUT2D eigenvalue weighted by molar-refractivity contribution is 7.81. The van der Waals surface area contributed by atoms with E-state index < -0.39 is 16.6 Å². The van der Waals surface area contributed by atoms with Crippen molar-refractivity contribution in [3.8, 4) is 0 Å². The van der Waals surface area contributed by atoms with E-state index in [2.05, 4.69) is 17.8 Å². The molecule has 0 aromatic carbocycles. The van der Waals surface area contributed by atoms with E-state index in [-0.39, 0.29) is 19.8 Å². The summed E-state index contributed by atoms with van der Waals surface area (Å²) >= 11 is 0. The van der Waals surface area contributed by atoms with E-state index in [4.69, 9.17) is 5.73 Å². The monoisotopic (exact) mass is 229 g/mol. The van der Waals surface area contributed by atoms with E-state index in [0.717, 1.165) is 0 Å². The molecule has 0 radical (unpaired) electrons. The molecule has 0 saturated heterocycles. The molecule has 0 aromatic heterocycles. The van der Waals surface area contributed by atoms with Crippen LogP contribution in [0.3, 0.4) is 0 Å². The third-order valence-corrected chi connectivity index (χ3v) is 2.03. The molecule has 0 amide bonds. The lowest BCUT2D eigenvalue weighted by Gasteiger charge is -2.11. The minimum atomic E-state index is -4.06. The van der Waals surface area contributed by atoms with Gasteiger partial charge < -0.3 is 15.2 Å². The molecule has 0 fully saturated rings. The van der Waals surface area contributed by atoms with Crippen LogP contribution in [0.2, 0.25) is 0 Å². The average molecular weight is 229 g/mol. The lowest BCUT2D eigenvalue weighted by Crippen LogP contribution is -2.32. The van der Waals surface area contributed by atoms with E-state index in [1.54, 1.807) is 0 Å². The largest absolute Gasteiger partial charge is 0.401 e. The Balaban J connectivity index is 3.82. The highest BCUT2D eigenvalue weighted by Crippen LogP contribution is 1.98. The van der Waals surface area contributed by atoms with Crippen LogP contribution in [0.15, 0.2) is 0 Å². The van der Waals surface area contributed by atoms with Crippen LogP contribution < -0.4 is 5.73 Å². The Labute approximate surface area is 83.4 Å². The normalized spacial score (nSPS) is 14.2. The first-order valence-corrected chi connectivity index (χ1v) is 5.16. The Morgan fingerprint density at radius 3 is 2.36 bits per heavy atom. The van der Waals surface area contributed by atoms with Crippen LogP contribution in [0.4, 0.5) is 0 Å². The van der Waals surface area contributed by atoms with Gasteiger partial charge in [-0.1, -0.05) is 0 Å². The van der Waals surface area contributed by atoms with Crippen molar-refractivity contribution in [1.29, 1.82) is 0 Å². The number of rotatable bonds is 8. The molecule has 1 unspecified atom stereocenters. The summed E-state index contributed by atoms with van der Waals surface area (Å²) in [5.41, 5.74) is 5.24. The first-order chi connectivity index (χ1) is 6.52. The molecule has 0 aliphatic carbocycles. The van der Waals surface area contributed by atoms with Gasteiger partial charge in [-0.25, -0.2) is 8.37 Å². The molecule has 0 aromatic rings. The van der Waals surface area contributed by atoms with Gasteiger partial charge in [0.1, 0.15) is 0 Å². The molecule has 7 nitrogen and oxygen atoms in total. The third-order valence-electron chi connectivity index (χ3n) is 1.09. The number of nitrogens with two attached hydrogens (primary N) is 1.